The van der Waals surface area contributed by atoms with Gasteiger partial charge in [0.25, 0.3) is 5.91 Å². The summed E-state index contributed by atoms with van der Waals surface area (Å²) in [4.78, 5) is 12.1. The number of ether oxygens (including phenoxy) is 1. The van der Waals surface area contributed by atoms with Gasteiger partial charge in [0, 0.05) is 11.6 Å². The molecule has 1 aromatic carbocycles. The van der Waals surface area contributed by atoms with Crippen molar-refractivity contribution < 1.29 is 13.9 Å². The summed E-state index contributed by atoms with van der Waals surface area (Å²) in [5.41, 5.74) is 4.05. The van der Waals surface area contributed by atoms with E-state index < -0.39 is 5.91 Å². The lowest BCUT2D eigenvalue weighted by atomic mass is 10.2. The number of aromatic nitrogens is 2. The topological polar surface area (TPSA) is 92.5 Å². The summed E-state index contributed by atoms with van der Waals surface area (Å²) in [6, 6.07) is 12.6. The van der Waals surface area contributed by atoms with E-state index in [9.17, 15) is 4.79 Å². The third-order valence-electron chi connectivity index (χ3n) is 3.19. The van der Waals surface area contributed by atoms with Gasteiger partial charge in [-0.25, -0.2) is 5.43 Å². The van der Waals surface area contributed by atoms with Crippen molar-refractivity contribution in [3.05, 3.63) is 60.0 Å². The summed E-state index contributed by atoms with van der Waals surface area (Å²) in [6.45, 7) is 2.46. The number of aromatic amines is 1. The van der Waals surface area contributed by atoms with Crippen LogP contribution in [-0.4, -0.2) is 28.9 Å². The number of hydrazone groups is 1. The van der Waals surface area contributed by atoms with Gasteiger partial charge in [0.1, 0.15) is 11.4 Å². The van der Waals surface area contributed by atoms with Crippen LogP contribution in [0, 0.1) is 0 Å². The fraction of sp³-hybridized carbons (Fsp3) is 0.118. The van der Waals surface area contributed by atoms with E-state index in [1.165, 1.54) is 6.21 Å². The molecule has 0 aliphatic rings. The number of H-pyrrole nitrogens is 1. The maximum absolute atomic E-state index is 12.1. The first-order valence-corrected chi connectivity index (χ1v) is 7.42. The molecule has 2 aromatic heterocycles. The minimum Gasteiger partial charge on any atom is -0.493 e. The highest BCUT2D eigenvalue weighted by Gasteiger charge is 2.12. The number of rotatable bonds is 6. The van der Waals surface area contributed by atoms with Crippen molar-refractivity contribution in [3.63, 3.8) is 0 Å². The second kappa shape index (κ2) is 7.28. The Labute approximate surface area is 138 Å². The number of furan rings is 1. The first kappa shape index (κ1) is 15.5. The Morgan fingerprint density at radius 1 is 1.38 bits per heavy atom. The minimum atomic E-state index is -0.422. The van der Waals surface area contributed by atoms with Crippen LogP contribution >= 0.6 is 0 Å². The number of hydrogen-bond acceptors (Lipinski definition) is 5. The van der Waals surface area contributed by atoms with Crippen molar-refractivity contribution in [2.24, 2.45) is 5.10 Å². The molecule has 0 saturated carbocycles. The Morgan fingerprint density at radius 3 is 3.04 bits per heavy atom. The lowest BCUT2D eigenvalue weighted by Crippen LogP contribution is -2.18. The number of nitrogens with zero attached hydrogens (tertiary/aromatic N) is 2. The van der Waals surface area contributed by atoms with Crippen LogP contribution in [0.15, 0.2) is 58.2 Å². The molecule has 0 radical (unpaired) electrons. The fourth-order valence-electron chi connectivity index (χ4n) is 2.09. The molecule has 24 heavy (non-hydrogen) atoms. The average molecular weight is 324 g/mol. The van der Waals surface area contributed by atoms with E-state index in [1.54, 1.807) is 24.5 Å². The maximum atomic E-state index is 12.1. The third kappa shape index (κ3) is 3.52. The normalized spacial score (nSPS) is 10.9. The van der Waals surface area contributed by atoms with Crippen molar-refractivity contribution in [1.82, 2.24) is 15.6 Å². The van der Waals surface area contributed by atoms with Crippen LogP contribution in [0.25, 0.3) is 11.5 Å². The van der Waals surface area contributed by atoms with Gasteiger partial charge in [-0.15, -0.1) is 0 Å². The minimum absolute atomic E-state index is 0.219. The molecule has 0 spiro atoms. The van der Waals surface area contributed by atoms with Crippen molar-refractivity contribution in [2.45, 2.75) is 6.92 Å². The molecular formula is C17H16N4O3. The van der Waals surface area contributed by atoms with E-state index in [1.807, 2.05) is 31.2 Å². The highest BCUT2D eigenvalue weighted by atomic mass is 16.5. The van der Waals surface area contributed by atoms with Crippen LogP contribution < -0.4 is 10.2 Å². The number of carbonyl (C=O) groups excluding carboxylic acids is 1. The van der Waals surface area contributed by atoms with Gasteiger partial charge in [-0.2, -0.15) is 10.2 Å². The molecule has 1 amide bonds. The molecule has 0 saturated heterocycles. The van der Waals surface area contributed by atoms with Crippen molar-refractivity contribution in [3.8, 4) is 17.2 Å². The van der Waals surface area contributed by atoms with E-state index >= 15 is 0 Å². The summed E-state index contributed by atoms with van der Waals surface area (Å²) < 4.78 is 10.7. The quantitative estimate of drug-likeness (QED) is 0.538. The standard InChI is InChI=1S/C17H16N4O3/c1-2-23-15-7-4-3-6-12(15)11-18-21-17(22)14-10-13(19-20-14)16-8-5-9-24-16/h3-11H,2H2,1H3,(H,19,20)(H,21,22). The first-order chi connectivity index (χ1) is 11.8. The van der Waals surface area contributed by atoms with E-state index in [2.05, 4.69) is 20.7 Å². The van der Waals surface area contributed by atoms with Gasteiger partial charge in [-0.3, -0.25) is 9.89 Å². The van der Waals surface area contributed by atoms with E-state index in [4.69, 9.17) is 9.15 Å². The van der Waals surface area contributed by atoms with Gasteiger partial charge >= 0.3 is 0 Å². The molecule has 0 atom stereocenters. The average Bonchev–Trinajstić information content (AvgIpc) is 3.28. The van der Waals surface area contributed by atoms with Gasteiger partial charge < -0.3 is 9.15 Å². The van der Waals surface area contributed by atoms with Gasteiger partial charge in [0.05, 0.1) is 19.1 Å². The molecule has 2 heterocycles. The summed E-state index contributed by atoms with van der Waals surface area (Å²) >= 11 is 0. The number of benzene rings is 1. The molecule has 0 bridgehead atoms. The fourth-order valence-corrected chi connectivity index (χ4v) is 2.09. The van der Waals surface area contributed by atoms with Crippen LogP contribution in [0.4, 0.5) is 0 Å². The van der Waals surface area contributed by atoms with Crippen LogP contribution in [0.2, 0.25) is 0 Å². The molecule has 3 rings (SSSR count). The van der Waals surface area contributed by atoms with Gasteiger partial charge in [0.2, 0.25) is 0 Å². The number of amides is 1. The number of carbonyl (C=O) groups is 1. The summed E-state index contributed by atoms with van der Waals surface area (Å²) in [5.74, 6) is 0.891. The lowest BCUT2D eigenvalue weighted by molar-refractivity contribution is 0.0950. The van der Waals surface area contributed by atoms with Gasteiger partial charge in [0.15, 0.2) is 11.5 Å². The number of hydrogen-bond donors (Lipinski definition) is 2. The van der Waals surface area contributed by atoms with Crippen molar-refractivity contribution in [2.75, 3.05) is 6.61 Å². The zero-order valence-corrected chi connectivity index (χ0v) is 13.0. The van der Waals surface area contributed by atoms with Gasteiger partial charge in [-0.1, -0.05) is 12.1 Å². The molecule has 0 aliphatic carbocycles. The van der Waals surface area contributed by atoms with Crippen LogP contribution in [0.1, 0.15) is 23.0 Å². The second-order valence-corrected chi connectivity index (χ2v) is 4.81. The predicted molar refractivity (Wildman–Crippen MR) is 89.0 cm³/mol. The maximum Gasteiger partial charge on any atom is 0.291 e. The molecule has 7 heteroatoms. The van der Waals surface area contributed by atoms with E-state index in [0.29, 0.717) is 23.8 Å². The number of para-hydroxylation sites is 1. The third-order valence-corrected chi connectivity index (χ3v) is 3.19. The predicted octanol–water partition coefficient (Wildman–Crippen LogP) is 2.83. The lowest BCUT2D eigenvalue weighted by Gasteiger charge is -2.05. The van der Waals surface area contributed by atoms with E-state index in [-0.39, 0.29) is 5.69 Å². The Bertz CT molecular complexity index is 837. The smallest absolute Gasteiger partial charge is 0.291 e. The molecule has 0 fully saturated rings. The zero-order valence-electron chi connectivity index (χ0n) is 13.0. The van der Waals surface area contributed by atoms with Crippen molar-refractivity contribution >= 4 is 12.1 Å². The highest BCUT2D eigenvalue weighted by molar-refractivity contribution is 5.94. The molecular weight excluding hydrogens is 308 g/mol. The first-order valence-electron chi connectivity index (χ1n) is 7.42. The molecule has 0 unspecified atom stereocenters. The van der Waals surface area contributed by atoms with Crippen molar-refractivity contribution in [1.29, 1.82) is 0 Å². The van der Waals surface area contributed by atoms with E-state index in [0.717, 1.165) is 5.56 Å². The largest absolute Gasteiger partial charge is 0.493 e. The summed E-state index contributed by atoms with van der Waals surface area (Å²) in [6.07, 6.45) is 3.08. The summed E-state index contributed by atoms with van der Waals surface area (Å²) in [5, 5.41) is 10.6. The Kier molecular flexibility index (Phi) is 4.71. The molecule has 7 nitrogen and oxygen atoms in total. The molecule has 122 valence electrons. The van der Waals surface area contributed by atoms with Crippen LogP contribution in [0.3, 0.4) is 0 Å². The van der Waals surface area contributed by atoms with Crippen LogP contribution in [0.5, 0.6) is 5.75 Å². The molecule has 3 aromatic rings. The SMILES string of the molecule is CCOc1ccccc1C=NNC(=O)c1cc(-c2ccco2)[nH]n1. The Hall–Kier alpha value is -3.35. The Balaban J connectivity index is 1.65. The summed E-state index contributed by atoms with van der Waals surface area (Å²) in [7, 11) is 0. The molecule has 0 aliphatic heterocycles. The molecule has 2 N–H and O–H groups in total. The van der Waals surface area contributed by atoms with Crippen LogP contribution in [-0.2, 0) is 0 Å². The Morgan fingerprint density at radius 2 is 2.25 bits per heavy atom. The zero-order chi connectivity index (χ0) is 16.8. The van der Waals surface area contributed by atoms with Gasteiger partial charge in [-0.05, 0) is 31.2 Å². The highest BCUT2D eigenvalue weighted by Crippen LogP contribution is 2.18. The number of nitrogens with one attached hydrogen (secondary N) is 2. The second-order valence-electron chi connectivity index (χ2n) is 4.81. The monoisotopic (exact) mass is 324 g/mol.